The number of hydrogen-bond acceptors (Lipinski definition) is 4. The monoisotopic (exact) mass is 328 g/mol. The van der Waals surface area contributed by atoms with Crippen molar-refractivity contribution < 1.29 is 9.53 Å². The number of fused-ring (bicyclic) bond motifs is 1. The molecule has 1 aliphatic carbocycles. The third-order valence-corrected chi connectivity index (χ3v) is 5.46. The van der Waals surface area contributed by atoms with Crippen molar-refractivity contribution in [1.29, 1.82) is 0 Å². The van der Waals surface area contributed by atoms with Gasteiger partial charge in [0.05, 0.1) is 17.6 Å². The molecule has 3 aliphatic rings. The Balaban J connectivity index is 1.50. The zero-order valence-electron chi connectivity index (χ0n) is 13.0. The number of carbonyl (C=O) groups excluding carboxylic acids is 1. The van der Waals surface area contributed by atoms with Crippen molar-refractivity contribution in [2.24, 2.45) is 4.99 Å². The molecule has 1 saturated carbocycles. The number of rotatable bonds is 2. The lowest BCUT2D eigenvalue weighted by atomic mass is 9.96. The van der Waals surface area contributed by atoms with Gasteiger partial charge in [-0.2, -0.15) is 0 Å². The van der Waals surface area contributed by atoms with Crippen molar-refractivity contribution >= 4 is 28.9 Å². The molecule has 4 rings (SSSR count). The van der Waals surface area contributed by atoms with Crippen molar-refractivity contribution in [3.05, 3.63) is 34.2 Å². The number of aliphatic imine (C=N–C) groups is 1. The maximum absolute atomic E-state index is 12.2. The van der Waals surface area contributed by atoms with Crippen LogP contribution >= 0.6 is 11.8 Å². The van der Waals surface area contributed by atoms with Crippen LogP contribution in [-0.2, 0) is 11.2 Å². The molecule has 1 amide bonds. The second-order valence-electron chi connectivity index (χ2n) is 6.26. The van der Waals surface area contributed by atoms with Crippen LogP contribution in [0.25, 0.3) is 6.08 Å². The van der Waals surface area contributed by atoms with E-state index in [1.807, 2.05) is 18.2 Å². The quantitative estimate of drug-likeness (QED) is 0.845. The van der Waals surface area contributed by atoms with E-state index in [0.717, 1.165) is 47.3 Å². The Bertz CT molecular complexity index is 690. The van der Waals surface area contributed by atoms with Crippen LogP contribution in [-0.4, -0.2) is 23.7 Å². The van der Waals surface area contributed by atoms with Gasteiger partial charge in [-0.25, -0.2) is 0 Å². The summed E-state index contributed by atoms with van der Waals surface area (Å²) in [4.78, 5) is 17.6. The molecule has 5 heteroatoms. The molecule has 1 aromatic rings. The van der Waals surface area contributed by atoms with E-state index in [1.54, 1.807) is 0 Å². The van der Waals surface area contributed by atoms with Gasteiger partial charge >= 0.3 is 0 Å². The van der Waals surface area contributed by atoms with Gasteiger partial charge in [-0.3, -0.25) is 9.79 Å². The second kappa shape index (κ2) is 6.40. The van der Waals surface area contributed by atoms with E-state index >= 15 is 0 Å². The average molecular weight is 328 g/mol. The Hall–Kier alpha value is -1.75. The molecule has 4 nitrogen and oxygen atoms in total. The van der Waals surface area contributed by atoms with E-state index in [9.17, 15) is 4.79 Å². The number of benzene rings is 1. The molecule has 1 saturated heterocycles. The second-order valence-corrected chi connectivity index (χ2v) is 7.29. The fraction of sp³-hybridized carbons (Fsp3) is 0.444. The van der Waals surface area contributed by atoms with Crippen molar-refractivity contribution in [1.82, 2.24) is 5.32 Å². The van der Waals surface area contributed by atoms with Crippen LogP contribution in [0.5, 0.6) is 5.75 Å². The molecule has 2 aliphatic heterocycles. The van der Waals surface area contributed by atoms with Gasteiger partial charge in [-0.1, -0.05) is 25.3 Å². The van der Waals surface area contributed by atoms with Crippen LogP contribution in [0.15, 0.2) is 28.1 Å². The van der Waals surface area contributed by atoms with Gasteiger partial charge in [0.25, 0.3) is 5.91 Å². The summed E-state index contributed by atoms with van der Waals surface area (Å²) in [5.41, 5.74) is 2.27. The van der Waals surface area contributed by atoms with Crippen LogP contribution in [0.1, 0.15) is 43.2 Å². The number of nitrogens with one attached hydrogen (secondary N) is 1. The summed E-state index contributed by atoms with van der Waals surface area (Å²) in [7, 11) is 0. The molecule has 0 unspecified atom stereocenters. The van der Waals surface area contributed by atoms with Gasteiger partial charge in [0.15, 0.2) is 5.17 Å². The Morgan fingerprint density at radius 3 is 3.00 bits per heavy atom. The van der Waals surface area contributed by atoms with E-state index < -0.39 is 0 Å². The van der Waals surface area contributed by atoms with Gasteiger partial charge in [-0.15, -0.1) is 0 Å². The van der Waals surface area contributed by atoms with E-state index in [1.165, 1.54) is 36.6 Å². The van der Waals surface area contributed by atoms with Crippen molar-refractivity contribution in [3.63, 3.8) is 0 Å². The van der Waals surface area contributed by atoms with Gasteiger partial charge < -0.3 is 10.1 Å². The third kappa shape index (κ3) is 3.29. The van der Waals surface area contributed by atoms with E-state index in [4.69, 9.17) is 9.73 Å². The minimum Gasteiger partial charge on any atom is -0.493 e. The summed E-state index contributed by atoms with van der Waals surface area (Å²) >= 11 is 1.46. The molecule has 0 spiro atoms. The summed E-state index contributed by atoms with van der Waals surface area (Å²) < 4.78 is 5.52. The smallest absolute Gasteiger partial charge is 0.264 e. The zero-order valence-corrected chi connectivity index (χ0v) is 13.8. The van der Waals surface area contributed by atoms with Crippen LogP contribution in [0, 0.1) is 0 Å². The topological polar surface area (TPSA) is 50.7 Å². The average Bonchev–Trinajstić information content (AvgIpc) is 3.15. The number of carbonyl (C=O) groups is 1. The Kier molecular flexibility index (Phi) is 4.12. The fourth-order valence-corrected chi connectivity index (χ4v) is 4.20. The normalized spacial score (nSPS) is 24.8. The highest BCUT2D eigenvalue weighted by Crippen LogP contribution is 2.31. The standard InChI is InChI=1S/C18H20N2O2S/c21-17-16(11-12-6-7-15-13(10-12)8-9-22-15)23-18(20-17)19-14-4-2-1-3-5-14/h6-7,10-11,14H,1-5,8-9H2,(H,19,20,21). The lowest BCUT2D eigenvalue weighted by Crippen LogP contribution is -2.22. The molecule has 1 N–H and O–H groups in total. The lowest BCUT2D eigenvalue weighted by molar-refractivity contribution is -0.115. The molecule has 2 heterocycles. The summed E-state index contributed by atoms with van der Waals surface area (Å²) in [6.45, 7) is 0.753. The molecule has 0 bridgehead atoms. The lowest BCUT2D eigenvalue weighted by Gasteiger charge is -2.17. The predicted molar refractivity (Wildman–Crippen MR) is 93.7 cm³/mol. The van der Waals surface area contributed by atoms with Crippen molar-refractivity contribution in [2.75, 3.05) is 6.61 Å². The van der Waals surface area contributed by atoms with E-state index in [0.29, 0.717) is 6.04 Å². The molecule has 1 aromatic carbocycles. The first kappa shape index (κ1) is 14.8. The fourth-order valence-electron chi connectivity index (χ4n) is 3.31. The number of hydrogen-bond donors (Lipinski definition) is 1. The SMILES string of the molecule is O=C1NC(=NC2CCCCC2)SC1=Cc1ccc2c(c1)CCO2. The van der Waals surface area contributed by atoms with Gasteiger partial charge in [0.2, 0.25) is 0 Å². The highest BCUT2D eigenvalue weighted by Gasteiger charge is 2.25. The maximum Gasteiger partial charge on any atom is 0.264 e. The Morgan fingerprint density at radius 1 is 1.26 bits per heavy atom. The van der Waals surface area contributed by atoms with Crippen molar-refractivity contribution in [2.45, 2.75) is 44.6 Å². The van der Waals surface area contributed by atoms with Crippen LogP contribution in [0.4, 0.5) is 0 Å². The minimum atomic E-state index is -0.0405. The van der Waals surface area contributed by atoms with Crippen LogP contribution in [0.2, 0.25) is 0 Å². The first-order valence-corrected chi connectivity index (χ1v) is 9.14. The third-order valence-electron chi connectivity index (χ3n) is 4.54. The summed E-state index contributed by atoms with van der Waals surface area (Å²) in [5, 5.41) is 3.67. The Labute approximate surface area is 140 Å². The van der Waals surface area contributed by atoms with E-state index in [2.05, 4.69) is 11.4 Å². The first-order chi connectivity index (χ1) is 11.3. The summed E-state index contributed by atoms with van der Waals surface area (Å²) in [6.07, 6.45) is 8.99. The largest absolute Gasteiger partial charge is 0.493 e. The minimum absolute atomic E-state index is 0.0405. The molecular weight excluding hydrogens is 308 g/mol. The number of amides is 1. The first-order valence-electron chi connectivity index (χ1n) is 8.32. The zero-order chi connectivity index (χ0) is 15.6. The Morgan fingerprint density at radius 2 is 2.13 bits per heavy atom. The highest BCUT2D eigenvalue weighted by atomic mass is 32.2. The predicted octanol–water partition coefficient (Wildman–Crippen LogP) is 3.51. The molecule has 0 atom stereocenters. The molecule has 2 fully saturated rings. The molecule has 0 radical (unpaired) electrons. The maximum atomic E-state index is 12.2. The highest BCUT2D eigenvalue weighted by molar-refractivity contribution is 8.18. The van der Waals surface area contributed by atoms with Gasteiger partial charge in [0.1, 0.15) is 5.75 Å². The number of amidine groups is 1. The molecule has 0 aromatic heterocycles. The van der Waals surface area contributed by atoms with Crippen molar-refractivity contribution in [3.8, 4) is 5.75 Å². The molecule has 23 heavy (non-hydrogen) atoms. The van der Waals surface area contributed by atoms with E-state index in [-0.39, 0.29) is 5.91 Å². The van der Waals surface area contributed by atoms with Gasteiger partial charge in [0, 0.05) is 6.42 Å². The van der Waals surface area contributed by atoms with Crippen LogP contribution < -0.4 is 10.1 Å². The summed E-state index contributed by atoms with van der Waals surface area (Å²) in [6, 6.07) is 6.48. The molecule has 120 valence electrons. The molecular formula is C18H20N2O2S. The number of thioether (sulfide) groups is 1. The van der Waals surface area contributed by atoms with Crippen LogP contribution in [0.3, 0.4) is 0 Å². The number of ether oxygens (including phenoxy) is 1. The number of nitrogens with zero attached hydrogens (tertiary/aromatic N) is 1. The summed E-state index contributed by atoms with van der Waals surface area (Å²) in [5.74, 6) is 0.927. The van der Waals surface area contributed by atoms with Gasteiger partial charge in [-0.05, 0) is 53.9 Å².